The Balaban J connectivity index is 2.64. The molecule has 0 bridgehead atoms. The van der Waals surface area contributed by atoms with Crippen LogP contribution in [-0.2, 0) is 5.41 Å². The summed E-state index contributed by atoms with van der Waals surface area (Å²) in [4.78, 5) is 0. The Morgan fingerprint density at radius 3 is 2.45 bits per heavy atom. The lowest BCUT2D eigenvalue weighted by Gasteiger charge is -2.37. The van der Waals surface area contributed by atoms with Crippen molar-refractivity contribution in [3.63, 3.8) is 0 Å². The van der Waals surface area contributed by atoms with Gasteiger partial charge >= 0.3 is 0 Å². The zero-order valence-corrected chi connectivity index (χ0v) is 15.0. The summed E-state index contributed by atoms with van der Waals surface area (Å²) in [5.74, 6) is 0.953. The van der Waals surface area contributed by atoms with E-state index in [1.54, 1.807) is 0 Å². The van der Waals surface area contributed by atoms with Crippen LogP contribution in [0.2, 0.25) is 0 Å². The smallest absolute Gasteiger partial charge is 0.133 e. The van der Waals surface area contributed by atoms with Gasteiger partial charge in [-0.3, -0.25) is 0 Å². The zero-order chi connectivity index (χ0) is 15.1. The van der Waals surface area contributed by atoms with Gasteiger partial charge in [0.2, 0.25) is 0 Å². The molecule has 0 spiro atoms. The number of rotatable bonds is 2. The molecule has 0 saturated carbocycles. The molecule has 110 valence electrons. The molecule has 0 unspecified atom stereocenters. The molecule has 1 aromatic rings. The molecule has 0 aliphatic heterocycles. The fraction of sp³-hybridized carbons (Fsp3) is 0.556. The molecule has 1 nitrogen and oxygen atoms in total. The van der Waals surface area contributed by atoms with Crippen molar-refractivity contribution >= 4 is 21.5 Å². The lowest BCUT2D eigenvalue weighted by Crippen LogP contribution is -2.25. The minimum absolute atomic E-state index is 0.163. The molecule has 1 aliphatic rings. The van der Waals surface area contributed by atoms with E-state index < -0.39 is 0 Å². The molecule has 0 aromatic heterocycles. The van der Waals surface area contributed by atoms with Crippen LogP contribution in [0.25, 0.3) is 5.57 Å². The molecule has 0 atom stereocenters. The van der Waals surface area contributed by atoms with Gasteiger partial charge < -0.3 is 4.74 Å². The average molecular weight is 337 g/mol. The molecule has 20 heavy (non-hydrogen) atoms. The number of hydrogen-bond acceptors (Lipinski definition) is 1. The summed E-state index contributed by atoms with van der Waals surface area (Å²) >= 11 is 3.66. The molecule has 0 N–H and O–H groups in total. The van der Waals surface area contributed by atoms with Gasteiger partial charge in [0.25, 0.3) is 0 Å². The second-order valence-corrected chi connectivity index (χ2v) is 8.07. The van der Waals surface area contributed by atoms with E-state index in [2.05, 4.69) is 68.8 Å². The van der Waals surface area contributed by atoms with Crippen LogP contribution in [0.15, 0.2) is 22.7 Å². The summed E-state index contributed by atoms with van der Waals surface area (Å²) in [6, 6.07) is 4.46. The van der Waals surface area contributed by atoms with Gasteiger partial charge in [-0.2, -0.15) is 0 Å². The number of allylic oxidation sites excluding steroid dienone is 2. The third-order valence-corrected chi connectivity index (χ3v) is 4.64. The summed E-state index contributed by atoms with van der Waals surface area (Å²) in [6.45, 7) is 14.2. The van der Waals surface area contributed by atoms with Gasteiger partial charge in [0, 0.05) is 0 Å². The zero-order valence-electron chi connectivity index (χ0n) is 13.4. The number of hydrogen-bond donors (Lipinski definition) is 0. The Morgan fingerprint density at radius 1 is 1.25 bits per heavy atom. The second kappa shape index (κ2) is 5.22. The molecular weight excluding hydrogens is 312 g/mol. The first-order chi connectivity index (χ1) is 9.16. The highest BCUT2D eigenvalue weighted by Crippen LogP contribution is 2.48. The predicted octanol–water partition coefficient (Wildman–Crippen LogP) is 5.96. The predicted molar refractivity (Wildman–Crippen MR) is 90.4 cm³/mol. The van der Waals surface area contributed by atoms with E-state index in [1.807, 2.05) is 6.92 Å². The summed E-state index contributed by atoms with van der Waals surface area (Å²) in [5, 5.41) is 0. The summed E-state index contributed by atoms with van der Waals surface area (Å²) in [5.41, 5.74) is 4.53. The Labute approximate surface area is 131 Å². The summed E-state index contributed by atoms with van der Waals surface area (Å²) in [6.07, 6.45) is 3.49. The Hall–Kier alpha value is -0.760. The first-order valence-corrected chi connectivity index (χ1v) is 8.14. The van der Waals surface area contributed by atoms with Crippen LogP contribution in [0.4, 0.5) is 0 Å². The van der Waals surface area contributed by atoms with Gasteiger partial charge in [-0.15, -0.1) is 0 Å². The highest BCUT2D eigenvalue weighted by Gasteiger charge is 2.33. The molecule has 2 rings (SSSR count). The molecule has 0 saturated heterocycles. The van der Waals surface area contributed by atoms with Crippen molar-refractivity contribution in [3.8, 4) is 5.75 Å². The SMILES string of the molecule is CCOc1cc2c(cc1Br)C(C(C)(C)C)=CCC2(C)C. The van der Waals surface area contributed by atoms with Crippen LogP contribution in [0.1, 0.15) is 59.1 Å². The van der Waals surface area contributed by atoms with E-state index in [-0.39, 0.29) is 10.8 Å². The van der Waals surface area contributed by atoms with Crippen molar-refractivity contribution in [3.05, 3.63) is 33.8 Å². The van der Waals surface area contributed by atoms with E-state index >= 15 is 0 Å². The van der Waals surface area contributed by atoms with Gasteiger partial charge in [0.1, 0.15) is 5.75 Å². The van der Waals surface area contributed by atoms with Gasteiger partial charge in [0.05, 0.1) is 11.1 Å². The molecule has 2 heteroatoms. The van der Waals surface area contributed by atoms with Crippen LogP contribution in [0, 0.1) is 5.41 Å². The maximum atomic E-state index is 5.75. The van der Waals surface area contributed by atoms with Crippen molar-refractivity contribution in [2.24, 2.45) is 5.41 Å². The number of ether oxygens (including phenoxy) is 1. The Morgan fingerprint density at radius 2 is 1.90 bits per heavy atom. The van der Waals surface area contributed by atoms with Crippen LogP contribution >= 0.6 is 15.9 Å². The van der Waals surface area contributed by atoms with E-state index in [1.165, 1.54) is 16.7 Å². The highest BCUT2D eigenvalue weighted by molar-refractivity contribution is 9.10. The van der Waals surface area contributed by atoms with E-state index in [0.717, 1.165) is 16.6 Å². The number of benzene rings is 1. The summed E-state index contributed by atoms with van der Waals surface area (Å²) < 4.78 is 6.80. The molecular formula is C18H25BrO. The minimum Gasteiger partial charge on any atom is -0.493 e. The second-order valence-electron chi connectivity index (χ2n) is 7.22. The molecule has 0 fully saturated rings. The standard InChI is InChI=1S/C18H25BrO/c1-7-20-16-11-14-12(10-15(16)19)13(17(2,3)4)8-9-18(14,5)6/h8,10-11H,7,9H2,1-6H3. The van der Waals surface area contributed by atoms with Gasteiger partial charge in [0.15, 0.2) is 0 Å². The quantitative estimate of drug-likeness (QED) is 0.647. The molecule has 1 aromatic carbocycles. The number of fused-ring (bicyclic) bond motifs is 1. The number of halogens is 1. The van der Waals surface area contributed by atoms with Gasteiger partial charge in [-0.1, -0.05) is 40.7 Å². The lowest BCUT2D eigenvalue weighted by molar-refractivity contribution is 0.336. The average Bonchev–Trinajstić information content (AvgIpc) is 2.29. The molecule has 1 aliphatic carbocycles. The fourth-order valence-corrected chi connectivity index (χ4v) is 3.35. The monoisotopic (exact) mass is 336 g/mol. The van der Waals surface area contributed by atoms with Gasteiger partial charge in [-0.25, -0.2) is 0 Å². The topological polar surface area (TPSA) is 9.23 Å². The van der Waals surface area contributed by atoms with Crippen LogP contribution in [-0.4, -0.2) is 6.61 Å². The lowest BCUT2D eigenvalue weighted by atomic mass is 9.68. The van der Waals surface area contributed by atoms with Crippen LogP contribution in [0.5, 0.6) is 5.75 Å². The van der Waals surface area contributed by atoms with Crippen LogP contribution < -0.4 is 4.74 Å². The third kappa shape index (κ3) is 2.81. The molecule has 0 amide bonds. The van der Waals surface area contributed by atoms with E-state index in [9.17, 15) is 0 Å². The van der Waals surface area contributed by atoms with Gasteiger partial charge in [-0.05, 0) is 68.9 Å². The van der Waals surface area contributed by atoms with Crippen molar-refractivity contribution in [2.75, 3.05) is 6.61 Å². The first kappa shape index (κ1) is 15.6. The van der Waals surface area contributed by atoms with Crippen molar-refractivity contribution in [1.82, 2.24) is 0 Å². The van der Waals surface area contributed by atoms with Crippen LogP contribution in [0.3, 0.4) is 0 Å². The Kier molecular flexibility index (Phi) is 4.07. The normalized spacial score (nSPS) is 17.4. The fourth-order valence-electron chi connectivity index (χ4n) is 2.89. The maximum absolute atomic E-state index is 5.75. The third-order valence-electron chi connectivity index (χ3n) is 4.02. The van der Waals surface area contributed by atoms with Crippen molar-refractivity contribution < 1.29 is 4.74 Å². The highest BCUT2D eigenvalue weighted by atomic mass is 79.9. The molecule has 0 radical (unpaired) electrons. The molecule has 0 heterocycles. The maximum Gasteiger partial charge on any atom is 0.133 e. The Bertz CT molecular complexity index is 547. The van der Waals surface area contributed by atoms with E-state index in [4.69, 9.17) is 4.74 Å². The van der Waals surface area contributed by atoms with Crippen molar-refractivity contribution in [1.29, 1.82) is 0 Å². The van der Waals surface area contributed by atoms with Crippen molar-refractivity contribution in [2.45, 2.75) is 53.4 Å². The van der Waals surface area contributed by atoms with E-state index in [0.29, 0.717) is 6.61 Å². The first-order valence-electron chi connectivity index (χ1n) is 7.34. The minimum atomic E-state index is 0.163. The largest absolute Gasteiger partial charge is 0.493 e. The summed E-state index contributed by atoms with van der Waals surface area (Å²) in [7, 11) is 0.